The van der Waals surface area contributed by atoms with Crippen LogP contribution in [0.2, 0.25) is 0 Å². The number of piperazine rings is 1. The molecular weight excluding hydrogens is 640 g/mol. The highest BCUT2D eigenvalue weighted by Crippen LogP contribution is 2.25. The minimum Gasteiger partial charge on any atom is -0.445 e. The number of nitrogens with zero attached hydrogens (tertiary/aromatic N) is 5. The summed E-state index contributed by atoms with van der Waals surface area (Å²) in [5, 5.41) is 23.8. The number of non-ortho nitro benzene ring substituents is 2. The van der Waals surface area contributed by atoms with Crippen molar-refractivity contribution in [1.82, 2.24) is 20.0 Å². The third kappa shape index (κ3) is 10.0. The monoisotopic (exact) mass is 674 g/mol. The van der Waals surface area contributed by atoms with Crippen molar-refractivity contribution in [2.75, 3.05) is 52.5 Å². The fourth-order valence-electron chi connectivity index (χ4n) is 4.97. The number of thiol groups is 1. The molecule has 0 saturated carbocycles. The normalized spacial score (nSPS) is 17.6. The van der Waals surface area contributed by atoms with Gasteiger partial charge in [-0.1, -0.05) is 0 Å². The van der Waals surface area contributed by atoms with Crippen molar-refractivity contribution in [1.29, 1.82) is 0 Å². The van der Waals surface area contributed by atoms with Gasteiger partial charge in [0, 0.05) is 68.8 Å². The molecule has 0 unspecified atom stereocenters. The first-order valence-corrected chi connectivity index (χ1v) is 15.2. The first-order valence-electron chi connectivity index (χ1n) is 14.6. The maximum atomic E-state index is 13.4. The number of nitrogens with one attached hydrogen (secondary N) is 1. The van der Waals surface area contributed by atoms with Crippen LogP contribution in [0.5, 0.6) is 0 Å². The zero-order valence-electron chi connectivity index (χ0n) is 25.2. The number of carbonyl (C=O) groups is 4. The molecule has 4 amide bonds. The molecule has 0 aliphatic carbocycles. The Morgan fingerprint density at radius 1 is 0.830 bits per heavy atom. The lowest BCUT2D eigenvalue weighted by Gasteiger charge is -2.37. The number of nitro benzene ring substituents is 2. The van der Waals surface area contributed by atoms with Crippen LogP contribution in [0.15, 0.2) is 48.5 Å². The van der Waals surface area contributed by atoms with Gasteiger partial charge in [0.15, 0.2) is 0 Å². The molecule has 2 aliphatic heterocycles. The molecule has 2 atom stereocenters. The van der Waals surface area contributed by atoms with Gasteiger partial charge >= 0.3 is 12.2 Å². The number of likely N-dealkylation sites (tertiary alicyclic amines) is 1. The second kappa shape index (κ2) is 16.5. The predicted molar refractivity (Wildman–Crippen MR) is 166 cm³/mol. The van der Waals surface area contributed by atoms with E-state index in [9.17, 15) is 39.4 Å². The molecule has 4 rings (SSSR count). The molecule has 252 valence electrons. The molecule has 2 saturated heterocycles. The van der Waals surface area contributed by atoms with E-state index < -0.39 is 28.1 Å². The highest BCUT2D eigenvalue weighted by Gasteiger charge is 2.41. The summed E-state index contributed by atoms with van der Waals surface area (Å²) in [5.74, 6) is -0.533. The molecule has 0 bridgehead atoms. The van der Waals surface area contributed by atoms with E-state index in [1.54, 1.807) is 9.80 Å². The smallest absolute Gasteiger partial charge is 0.410 e. The average Bonchev–Trinajstić information content (AvgIpc) is 3.47. The molecule has 0 aromatic heterocycles. The lowest BCUT2D eigenvalue weighted by molar-refractivity contribution is -0.385. The Morgan fingerprint density at radius 2 is 1.36 bits per heavy atom. The standard InChI is InChI=1S/C29H34N6O11S/c36-26(19-44-14-9-30-28(38)45-17-20-1-5-22(6-2-20)34(40)41)31-10-12-32(13-11-31)27(37)25-15-24(47)16-33(25)29(39)46-18-21-3-7-23(8-4-21)35(42)43/h1-8,24-25,47H,9-19H2,(H,30,38)/t24-,25-/m0/s1. The summed E-state index contributed by atoms with van der Waals surface area (Å²) in [6.07, 6.45) is -1.04. The molecule has 2 fully saturated rings. The van der Waals surface area contributed by atoms with E-state index in [1.807, 2.05) is 0 Å². The Kier molecular flexibility index (Phi) is 12.3. The highest BCUT2D eigenvalue weighted by molar-refractivity contribution is 7.81. The van der Waals surface area contributed by atoms with Gasteiger partial charge in [-0.2, -0.15) is 12.6 Å². The molecule has 0 radical (unpaired) electrons. The van der Waals surface area contributed by atoms with Crippen LogP contribution in [0.3, 0.4) is 0 Å². The van der Waals surface area contributed by atoms with E-state index in [4.69, 9.17) is 14.2 Å². The minimum absolute atomic E-state index is 0.0551. The third-order valence-electron chi connectivity index (χ3n) is 7.51. The van der Waals surface area contributed by atoms with E-state index in [0.717, 1.165) is 0 Å². The van der Waals surface area contributed by atoms with Crippen LogP contribution in [0.1, 0.15) is 17.5 Å². The fraction of sp³-hybridized carbons (Fsp3) is 0.448. The molecule has 2 heterocycles. The summed E-state index contributed by atoms with van der Waals surface area (Å²) in [6.45, 7) is 1.07. The molecule has 2 aromatic rings. The van der Waals surface area contributed by atoms with Gasteiger partial charge in [-0.05, 0) is 41.8 Å². The largest absolute Gasteiger partial charge is 0.445 e. The van der Waals surface area contributed by atoms with Gasteiger partial charge in [-0.3, -0.25) is 34.7 Å². The zero-order valence-corrected chi connectivity index (χ0v) is 26.1. The predicted octanol–water partition coefficient (Wildman–Crippen LogP) is 2.13. The maximum absolute atomic E-state index is 13.4. The number of amides is 4. The average molecular weight is 675 g/mol. The van der Waals surface area contributed by atoms with Gasteiger partial charge in [0.05, 0.1) is 16.5 Å². The van der Waals surface area contributed by atoms with Crippen molar-refractivity contribution in [2.24, 2.45) is 0 Å². The lowest BCUT2D eigenvalue weighted by Crippen LogP contribution is -2.55. The molecule has 17 nitrogen and oxygen atoms in total. The first-order chi connectivity index (χ1) is 22.5. The quantitative estimate of drug-likeness (QED) is 0.144. The number of carbonyl (C=O) groups excluding carboxylic acids is 4. The molecular formula is C29H34N6O11S. The van der Waals surface area contributed by atoms with Crippen LogP contribution in [0.25, 0.3) is 0 Å². The van der Waals surface area contributed by atoms with Gasteiger partial charge in [0.25, 0.3) is 11.4 Å². The highest BCUT2D eigenvalue weighted by atomic mass is 32.1. The second-order valence-electron chi connectivity index (χ2n) is 10.7. The van der Waals surface area contributed by atoms with Crippen molar-refractivity contribution >= 4 is 48.0 Å². The Bertz CT molecular complexity index is 1450. The van der Waals surface area contributed by atoms with E-state index in [-0.39, 0.29) is 94.1 Å². The summed E-state index contributed by atoms with van der Waals surface area (Å²) in [5.41, 5.74) is 1.00. The van der Waals surface area contributed by atoms with Crippen LogP contribution in [-0.4, -0.2) is 112 Å². The molecule has 2 aromatic carbocycles. The van der Waals surface area contributed by atoms with Crippen LogP contribution >= 0.6 is 12.6 Å². The third-order valence-corrected chi connectivity index (χ3v) is 7.88. The number of hydrogen-bond donors (Lipinski definition) is 2. The summed E-state index contributed by atoms with van der Waals surface area (Å²) >= 11 is 4.47. The number of hydrogen-bond acceptors (Lipinski definition) is 12. The van der Waals surface area contributed by atoms with Crippen LogP contribution < -0.4 is 5.32 Å². The molecule has 18 heteroatoms. The molecule has 0 spiro atoms. The lowest BCUT2D eigenvalue weighted by atomic mass is 10.1. The summed E-state index contributed by atoms with van der Waals surface area (Å²) in [7, 11) is 0. The van der Waals surface area contributed by atoms with Crippen molar-refractivity contribution in [3.05, 3.63) is 79.9 Å². The van der Waals surface area contributed by atoms with E-state index in [1.165, 1.54) is 53.4 Å². The number of benzene rings is 2. The van der Waals surface area contributed by atoms with Crippen LogP contribution in [0.4, 0.5) is 21.0 Å². The Hall–Kier alpha value is -4.97. The summed E-state index contributed by atoms with van der Waals surface area (Å²) in [6, 6.07) is 10.5. The first kappa shape index (κ1) is 34.9. The van der Waals surface area contributed by atoms with E-state index in [2.05, 4.69) is 17.9 Å². The van der Waals surface area contributed by atoms with Crippen molar-refractivity contribution in [2.45, 2.75) is 30.9 Å². The Labute approximate surface area is 274 Å². The van der Waals surface area contributed by atoms with Gasteiger partial charge in [0.2, 0.25) is 11.8 Å². The van der Waals surface area contributed by atoms with Gasteiger partial charge in [-0.25, -0.2) is 9.59 Å². The molecule has 2 aliphatic rings. The van der Waals surface area contributed by atoms with E-state index in [0.29, 0.717) is 17.5 Å². The Morgan fingerprint density at radius 3 is 1.91 bits per heavy atom. The van der Waals surface area contributed by atoms with Gasteiger partial charge < -0.3 is 29.3 Å². The summed E-state index contributed by atoms with van der Waals surface area (Å²) in [4.78, 5) is 75.7. The van der Waals surface area contributed by atoms with E-state index >= 15 is 0 Å². The number of rotatable bonds is 12. The molecule has 47 heavy (non-hydrogen) atoms. The maximum Gasteiger partial charge on any atom is 0.410 e. The second-order valence-corrected chi connectivity index (χ2v) is 11.5. The SMILES string of the molecule is O=C(NCCOCC(=O)N1CCN(C(=O)[C@@H]2C[C@H](S)CN2C(=O)OCc2ccc([N+](=O)[O-])cc2)CC1)OCc1ccc([N+](=O)[O-])cc1. The minimum atomic E-state index is -0.763. The van der Waals surface area contributed by atoms with Crippen LogP contribution in [0, 0.1) is 20.2 Å². The molecule has 1 N–H and O–H groups in total. The number of nitro groups is 2. The van der Waals surface area contributed by atoms with Crippen molar-refractivity contribution < 1.29 is 43.2 Å². The zero-order chi connectivity index (χ0) is 33.9. The summed E-state index contributed by atoms with van der Waals surface area (Å²) < 4.78 is 15.8. The van der Waals surface area contributed by atoms with Crippen molar-refractivity contribution in [3.8, 4) is 0 Å². The van der Waals surface area contributed by atoms with Crippen molar-refractivity contribution in [3.63, 3.8) is 0 Å². The van der Waals surface area contributed by atoms with Gasteiger partial charge in [-0.15, -0.1) is 0 Å². The number of alkyl carbamates (subject to hydrolysis) is 1. The topological polar surface area (TPSA) is 204 Å². The number of ether oxygens (including phenoxy) is 3. The fourth-order valence-corrected chi connectivity index (χ4v) is 5.34. The van der Waals surface area contributed by atoms with Crippen LogP contribution in [-0.2, 0) is 37.0 Å². The van der Waals surface area contributed by atoms with Gasteiger partial charge in [0.1, 0.15) is 25.9 Å². The Balaban J connectivity index is 1.12.